The number of nitrogens with zero attached hydrogens (tertiary/aromatic N) is 2. The highest BCUT2D eigenvalue weighted by molar-refractivity contribution is 7.12. The zero-order chi connectivity index (χ0) is 22.5. The number of aryl methyl sites for hydroxylation is 2. The van der Waals surface area contributed by atoms with Crippen LogP contribution >= 0.6 is 11.3 Å². The number of amides is 2. The van der Waals surface area contributed by atoms with Gasteiger partial charge in [0.05, 0.1) is 16.3 Å². The smallest absolute Gasteiger partial charge is 0.265 e. The van der Waals surface area contributed by atoms with E-state index in [1.54, 1.807) is 30.3 Å². The molecule has 6 nitrogen and oxygen atoms in total. The van der Waals surface area contributed by atoms with E-state index in [9.17, 15) is 9.59 Å². The topological polar surface area (TPSA) is 76.0 Å². The fourth-order valence-electron chi connectivity index (χ4n) is 3.46. The number of carbonyl (C=O) groups is 2. The van der Waals surface area contributed by atoms with Crippen molar-refractivity contribution in [3.05, 3.63) is 99.5 Å². The first-order chi connectivity index (χ1) is 15.5. The van der Waals surface area contributed by atoms with Crippen LogP contribution in [0.3, 0.4) is 0 Å². The summed E-state index contributed by atoms with van der Waals surface area (Å²) in [6.07, 6.45) is 0.720. The molecule has 0 radical (unpaired) electrons. The number of carbonyl (C=O) groups excluding carboxylic acids is 2. The van der Waals surface area contributed by atoms with Gasteiger partial charge in [-0.2, -0.15) is 5.10 Å². The molecule has 2 aromatic heterocycles. The lowest BCUT2D eigenvalue weighted by molar-refractivity contribution is 0.0952. The van der Waals surface area contributed by atoms with Gasteiger partial charge < -0.3 is 10.6 Å². The first-order valence-corrected chi connectivity index (χ1v) is 11.2. The van der Waals surface area contributed by atoms with Crippen molar-refractivity contribution in [3.63, 3.8) is 0 Å². The molecule has 0 fully saturated rings. The number of hydrogen-bond donors (Lipinski definition) is 2. The van der Waals surface area contributed by atoms with Gasteiger partial charge in [0.15, 0.2) is 0 Å². The van der Waals surface area contributed by atoms with Crippen LogP contribution < -0.4 is 10.6 Å². The largest absolute Gasteiger partial charge is 0.352 e. The number of anilines is 1. The summed E-state index contributed by atoms with van der Waals surface area (Å²) in [5, 5.41) is 12.1. The van der Waals surface area contributed by atoms with Crippen LogP contribution in [0, 0.1) is 13.8 Å². The van der Waals surface area contributed by atoms with Crippen LogP contribution in [0.2, 0.25) is 0 Å². The van der Waals surface area contributed by atoms with Crippen molar-refractivity contribution in [1.82, 2.24) is 15.1 Å². The zero-order valence-electron chi connectivity index (χ0n) is 18.0. The summed E-state index contributed by atoms with van der Waals surface area (Å²) in [4.78, 5) is 25.4. The van der Waals surface area contributed by atoms with Crippen molar-refractivity contribution in [1.29, 1.82) is 0 Å². The maximum Gasteiger partial charge on any atom is 0.265 e. The lowest BCUT2D eigenvalue weighted by atomic mass is 10.1. The van der Waals surface area contributed by atoms with E-state index < -0.39 is 0 Å². The van der Waals surface area contributed by atoms with Crippen LogP contribution in [0.5, 0.6) is 0 Å². The molecular weight excluding hydrogens is 420 g/mol. The minimum absolute atomic E-state index is 0.170. The molecule has 0 atom stereocenters. The van der Waals surface area contributed by atoms with Crippen LogP contribution in [-0.2, 0) is 6.42 Å². The van der Waals surface area contributed by atoms with Gasteiger partial charge >= 0.3 is 0 Å². The number of benzene rings is 2. The van der Waals surface area contributed by atoms with Gasteiger partial charge in [-0.05, 0) is 73.7 Å². The van der Waals surface area contributed by atoms with Crippen molar-refractivity contribution in [2.75, 3.05) is 11.9 Å². The lowest BCUT2D eigenvalue weighted by Gasteiger charge is -2.09. The minimum atomic E-state index is -0.179. The van der Waals surface area contributed by atoms with Crippen molar-refractivity contribution < 1.29 is 9.59 Å². The van der Waals surface area contributed by atoms with Gasteiger partial charge in [-0.25, -0.2) is 4.68 Å². The summed E-state index contributed by atoms with van der Waals surface area (Å²) < 4.78 is 1.92. The van der Waals surface area contributed by atoms with E-state index >= 15 is 0 Å². The second-order valence-corrected chi connectivity index (χ2v) is 8.47. The average Bonchev–Trinajstić information content (AvgIpc) is 3.44. The summed E-state index contributed by atoms with van der Waals surface area (Å²) in [7, 11) is 0. The van der Waals surface area contributed by atoms with Crippen LogP contribution in [0.25, 0.3) is 5.69 Å². The van der Waals surface area contributed by atoms with Crippen molar-refractivity contribution in [2.45, 2.75) is 20.3 Å². The predicted octanol–water partition coefficient (Wildman–Crippen LogP) is 4.78. The fourth-order valence-corrected chi connectivity index (χ4v) is 4.07. The van der Waals surface area contributed by atoms with E-state index in [0.717, 1.165) is 29.1 Å². The Labute approximate surface area is 190 Å². The molecule has 0 saturated carbocycles. The normalized spacial score (nSPS) is 10.7. The van der Waals surface area contributed by atoms with E-state index in [4.69, 9.17) is 0 Å². The molecule has 0 saturated heterocycles. The molecule has 0 spiro atoms. The number of rotatable bonds is 7. The molecule has 0 bridgehead atoms. The molecule has 7 heteroatoms. The predicted molar refractivity (Wildman–Crippen MR) is 128 cm³/mol. The highest BCUT2D eigenvalue weighted by Gasteiger charge is 2.10. The van der Waals surface area contributed by atoms with Crippen LogP contribution in [0.15, 0.2) is 72.1 Å². The van der Waals surface area contributed by atoms with Gasteiger partial charge in [-0.3, -0.25) is 9.59 Å². The van der Waals surface area contributed by atoms with Gasteiger partial charge in [0.25, 0.3) is 11.8 Å². The van der Waals surface area contributed by atoms with Gasteiger partial charge in [0.2, 0.25) is 0 Å². The number of nitrogens with one attached hydrogen (secondary N) is 2. The SMILES string of the molecule is Cc1cc(C)n(-c2ccc(CCNC(=O)c3cccc(NC(=O)c4cccs4)c3)cc2)n1. The molecule has 2 heterocycles. The summed E-state index contributed by atoms with van der Waals surface area (Å²) in [5.41, 5.74) is 5.34. The minimum Gasteiger partial charge on any atom is -0.352 e. The average molecular weight is 445 g/mol. The molecule has 4 aromatic rings. The molecule has 0 unspecified atom stereocenters. The number of thiophene rings is 1. The lowest BCUT2D eigenvalue weighted by Crippen LogP contribution is -2.25. The Kier molecular flexibility index (Phi) is 6.47. The van der Waals surface area contributed by atoms with E-state index in [2.05, 4.69) is 27.9 Å². The Hall–Kier alpha value is -3.71. The zero-order valence-corrected chi connectivity index (χ0v) is 18.8. The monoisotopic (exact) mass is 444 g/mol. The second-order valence-electron chi connectivity index (χ2n) is 7.52. The molecule has 2 amide bonds. The molecule has 0 aliphatic rings. The summed E-state index contributed by atoms with van der Waals surface area (Å²) in [6, 6.07) is 20.8. The third-order valence-corrected chi connectivity index (χ3v) is 5.89. The Morgan fingerprint density at radius 1 is 0.969 bits per heavy atom. The quantitative estimate of drug-likeness (QED) is 0.431. The third kappa shape index (κ3) is 5.12. The van der Waals surface area contributed by atoms with E-state index in [1.807, 2.05) is 48.2 Å². The maximum atomic E-state index is 12.5. The molecule has 2 N–H and O–H groups in total. The van der Waals surface area contributed by atoms with Crippen LogP contribution in [0.1, 0.15) is 37.0 Å². The molecule has 32 heavy (non-hydrogen) atoms. The van der Waals surface area contributed by atoms with Crippen molar-refractivity contribution in [3.8, 4) is 5.69 Å². The number of aromatic nitrogens is 2. The standard InChI is InChI=1S/C25H24N4O2S/c1-17-15-18(2)29(28-17)22-10-8-19(9-11-22)12-13-26-24(30)20-5-3-6-21(16-20)27-25(31)23-7-4-14-32-23/h3-11,14-16H,12-13H2,1-2H3,(H,26,30)(H,27,31). The Morgan fingerprint density at radius 2 is 1.78 bits per heavy atom. The molecule has 0 aliphatic heterocycles. The Bertz CT molecular complexity index is 1230. The number of hydrogen-bond acceptors (Lipinski definition) is 4. The van der Waals surface area contributed by atoms with Crippen molar-refractivity contribution >= 4 is 28.8 Å². The van der Waals surface area contributed by atoms with E-state index in [0.29, 0.717) is 22.7 Å². The van der Waals surface area contributed by atoms with Crippen LogP contribution in [-0.4, -0.2) is 28.1 Å². The van der Waals surface area contributed by atoms with E-state index in [1.165, 1.54) is 11.3 Å². The summed E-state index contributed by atoms with van der Waals surface area (Å²) in [5.74, 6) is -0.349. The molecule has 0 aliphatic carbocycles. The summed E-state index contributed by atoms with van der Waals surface area (Å²) in [6.45, 7) is 4.53. The Morgan fingerprint density at radius 3 is 2.47 bits per heavy atom. The molecular formula is C25H24N4O2S. The highest BCUT2D eigenvalue weighted by Crippen LogP contribution is 2.16. The summed E-state index contributed by atoms with van der Waals surface area (Å²) >= 11 is 1.37. The second kappa shape index (κ2) is 9.62. The van der Waals surface area contributed by atoms with Crippen molar-refractivity contribution in [2.24, 2.45) is 0 Å². The van der Waals surface area contributed by atoms with Crippen LogP contribution in [0.4, 0.5) is 5.69 Å². The molecule has 162 valence electrons. The highest BCUT2D eigenvalue weighted by atomic mass is 32.1. The van der Waals surface area contributed by atoms with Gasteiger partial charge in [-0.1, -0.05) is 24.3 Å². The molecule has 4 rings (SSSR count). The third-order valence-electron chi connectivity index (χ3n) is 5.02. The Balaban J connectivity index is 1.31. The van der Waals surface area contributed by atoms with Gasteiger partial charge in [-0.15, -0.1) is 11.3 Å². The van der Waals surface area contributed by atoms with E-state index in [-0.39, 0.29) is 11.8 Å². The first-order valence-electron chi connectivity index (χ1n) is 10.4. The van der Waals surface area contributed by atoms with Gasteiger partial charge in [0, 0.05) is 23.5 Å². The first kappa shape index (κ1) is 21.5. The maximum absolute atomic E-state index is 12.5. The molecule has 2 aromatic carbocycles. The van der Waals surface area contributed by atoms with Gasteiger partial charge in [0.1, 0.15) is 0 Å². The fraction of sp³-hybridized carbons (Fsp3) is 0.160.